The summed E-state index contributed by atoms with van der Waals surface area (Å²) in [5.74, 6) is 0.612. The van der Waals surface area contributed by atoms with Gasteiger partial charge in [-0.25, -0.2) is 15.0 Å². The topological polar surface area (TPSA) is 82.7 Å². The third-order valence-electron chi connectivity index (χ3n) is 3.17. The molecule has 0 aliphatic carbocycles. The summed E-state index contributed by atoms with van der Waals surface area (Å²) in [5.41, 5.74) is 1.08. The van der Waals surface area contributed by atoms with Crippen LogP contribution in [0.5, 0.6) is 0 Å². The van der Waals surface area contributed by atoms with E-state index in [1.165, 1.54) is 23.0 Å². The van der Waals surface area contributed by atoms with E-state index in [-0.39, 0.29) is 53.7 Å². The molecule has 0 amide bonds. The van der Waals surface area contributed by atoms with Gasteiger partial charge in [0, 0.05) is 38.6 Å². The maximum atomic E-state index is 11.6. The standard InChI is InChI=1S/C15H13N5O2.2ClH.Fe/c1-10(21)19-8-6-16-14(19)12-4-3-5-13(18-12)15-17-7-9-20(15)11(2)22;;;/h3-9H,1-2H3;2*1H;/q;;;+2/p-2. The van der Waals surface area contributed by atoms with E-state index in [1.54, 1.807) is 43.0 Å². The molecule has 10 heteroatoms. The summed E-state index contributed by atoms with van der Waals surface area (Å²) in [5, 5.41) is 0. The van der Waals surface area contributed by atoms with Crippen molar-refractivity contribution < 1.29 is 51.5 Å². The summed E-state index contributed by atoms with van der Waals surface area (Å²) >= 11 is 0. The summed E-state index contributed by atoms with van der Waals surface area (Å²) in [6.07, 6.45) is 6.26. The molecule has 0 fully saturated rings. The number of aromatic nitrogens is 5. The van der Waals surface area contributed by atoms with Gasteiger partial charge in [-0.3, -0.25) is 18.7 Å². The van der Waals surface area contributed by atoms with Crippen LogP contribution in [0.25, 0.3) is 23.0 Å². The predicted molar refractivity (Wildman–Crippen MR) is 79.3 cm³/mol. The molecule has 0 saturated heterocycles. The van der Waals surface area contributed by atoms with E-state index in [9.17, 15) is 9.59 Å². The van der Waals surface area contributed by atoms with E-state index in [4.69, 9.17) is 0 Å². The molecule has 3 aromatic heterocycles. The first-order valence-corrected chi connectivity index (χ1v) is 6.64. The molecule has 132 valence electrons. The number of pyridine rings is 1. The van der Waals surface area contributed by atoms with Gasteiger partial charge in [0.1, 0.15) is 11.4 Å². The van der Waals surface area contributed by atoms with Crippen molar-refractivity contribution in [1.29, 1.82) is 0 Å². The minimum atomic E-state index is -0.148. The van der Waals surface area contributed by atoms with Gasteiger partial charge in [-0.1, -0.05) is 6.07 Å². The molecular formula is C15H13Cl2FeN5O2. The Labute approximate surface area is 167 Å². The third-order valence-corrected chi connectivity index (χ3v) is 3.17. The monoisotopic (exact) mass is 421 g/mol. The zero-order chi connectivity index (χ0) is 15.7. The second-order valence-electron chi connectivity index (χ2n) is 4.69. The second-order valence-corrected chi connectivity index (χ2v) is 4.69. The summed E-state index contributed by atoms with van der Waals surface area (Å²) in [4.78, 5) is 36.0. The van der Waals surface area contributed by atoms with Crippen LogP contribution in [0.1, 0.15) is 23.4 Å². The van der Waals surface area contributed by atoms with E-state index in [0.717, 1.165) is 0 Å². The minimum Gasteiger partial charge on any atom is -1.00 e. The fourth-order valence-electron chi connectivity index (χ4n) is 2.18. The number of carbonyl (C=O) groups is 2. The number of carbonyl (C=O) groups excluding carboxylic acids is 2. The molecule has 0 N–H and O–H groups in total. The van der Waals surface area contributed by atoms with E-state index in [0.29, 0.717) is 23.0 Å². The Hall–Kier alpha value is -1.99. The molecule has 0 aromatic carbocycles. The molecule has 3 aromatic rings. The Morgan fingerprint density at radius 3 is 1.60 bits per heavy atom. The molecular weight excluding hydrogens is 409 g/mol. The molecule has 25 heavy (non-hydrogen) atoms. The average Bonchev–Trinajstić information content (AvgIpc) is 3.16. The quantitative estimate of drug-likeness (QED) is 0.395. The van der Waals surface area contributed by atoms with Crippen molar-refractivity contribution in [3.05, 3.63) is 43.0 Å². The number of imidazole rings is 2. The molecule has 0 radical (unpaired) electrons. The van der Waals surface area contributed by atoms with Gasteiger partial charge in [0.05, 0.1) is 0 Å². The van der Waals surface area contributed by atoms with Crippen LogP contribution in [-0.4, -0.2) is 35.9 Å². The van der Waals surface area contributed by atoms with Crippen LogP contribution in [0, 0.1) is 0 Å². The largest absolute Gasteiger partial charge is 2.00 e. The first-order chi connectivity index (χ1) is 10.6. The minimum absolute atomic E-state index is 0. The number of halogens is 2. The van der Waals surface area contributed by atoms with Crippen LogP contribution in [0.4, 0.5) is 0 Å². The van der Waals surface area contributed by atoms with Crippen molar-refractivity contribution >= 4 is 11.8 Å². The van der Waals surface area contributed by atoms with Gasteiger partial charge in [0.25, 0.3) is 0 Å². The Balaban J connectivity index is 0.00000192. The Morgan fingerprint density at radius 1 is 0.840 bits per heavy atom. The van der Waals surface area contributed by atoms with E-state index in [2.05, 4.69) is 15.0 Å². The van der Waals surface area contributed by atoms with Crippen LogP contribution < -0.4 is 24.8 Å². The molecule has 0 saturated carbocycles. The van der Waals surface area contributed by atoms with E-state index >= 15 is 0 Å². The molecule has 0 unspecified atom stereocenters. The van der Waals surface area contributed by atoms with Crippen LogP contribution in [0.2, 0.25) is 0 Å². The first-order valence-electron chi connectivity index (χ1n) is 6.64. The van der Waals surface area contributed by atoms with Crippen molar-refractivity contribution in [2.45, 2.75) is 13.8 Å². The zero-order valence-corrected chi connectivity index (χ0v) is 15.8. The van der Waals surface area contributed by atoms with Gasteiger partial charge in [0.2, 0.25) is 11.8 Å². The van der Waals surface area contributed by atoms with Crippen molar-refractivity contribution in [3.63, 3.8) is 0 Å². The predicted octanol–water partition coefficient (Wildman–Crippen LogP) is -3.87. The summed E-state index contributed by atoms with van der Waals surface area (Å²) < 4.78 is 2.84. The van der Waals surface area contributed by atoms with Gasteiger partial charge >= 0.3 is 17.1 Å². The molecule has 0 aliphatic rings. The Morgan fingerprint density at radius 2 is 1.24 bits per heavy atom. The number of nitrogens with zero attached hydrogens (tertiary/aromatic N) is 5. The Kier molecular flexibility index (Phi) is 8.73. The molecule has 0 spiro atoms. The van der Waals surface area contributed by atoms with Crippen molar-refractivity contribution in [3.8, 4) is 23.0 Å². The smallest absolute Gasteiger partial charge is 1.00 e. The van der Waals surface area contributed by atoms with E-state index in [1.807, 2.05) is 0 Å². The first kappa shape index (κ1) is 23.0. The summed E-state index contributed by atoms with van der Waals surface area (Å²) in [6.45, 7) is 2.91. The van der Waals surface area contributed by atoms with Crippen molar-refractivity contribution in [2.24, 2.45) is 0 Å². The summed E-state index contributed by atoms with van der Waals surface area (Å²) in [7, 11) is 0. The summed E-state index contributed by atoms with van der Waals surface area (Å²) in [6, 6.07) is 5.30. The van der Waals surface area contributed by atoms with Crippen LogP contribution in [0.15, 0.2) is 43.0 Å². The maximum Gasteiger partial charge on any atom is 2.00 e. The molecule has 0 bridgehead atoms. The molecule has 7 nitrogen and oxygen atoms in total. The number of hydrogen-bond donors (Lipinski definition) is 0. The van der Waals surface area contributed by atoms with Crippen LogP contribution in [0.3, 0.4) is 0 Å². The van der Waals surface area contributed by atoms with E-state index < -0.39 is 0 Å². The second kappa shape index (κ2) is 9.48. The van der Waals surface area contributed by atoms with Gasteiger partial charge < -0.3 is 24.8 Å². The zero-order valence-electron chi connectivity index (χ0n) is 13.2. The van der Waals surface area contributed by atoms with Gasteiger partial charge in [-0.05, 0) is 12.1 Å². The normalized spacial score (nSPS) is 9.36. The number of hydrogen-bond acceptors (Lipinski definition) is 5. The fraction of sp³-hybridized carbons (Fsp3) is 0.133. The molecule has 0 atom stereocenters. The van der Waals surface area contributed by atoms with Crippen LogP contribution >= 0.6 is 0 Å². The SMILES string of the molecule is CC(=O)n1ccnc1-c1cccc(-c2nccn2C(C)=O)n1.[Cl-].[Cl-].[Fe+2]. The fourth-order valence-corrected chi connectivity index (χ4v) is 2.18. The number of rotatable bonds is 2. The van der Waals surface area contributed by atoms with Crippen molar-refractivity contribution in [1.82, 2.24) is 24.1 Å². The van der Waals surface area contributed by atoms with Gasteiger partial charge in [-0.2, -0.15) is 0 Å². The molecule has 3 heterocycles. The third kappa shape index (κ3) is 4.55. The van der Waals surface area contributed by atoms with Gasteiger partial charge in [0.15, 0.2) is 11.6 Å². The van der Waals surface area contributed by atoms with Crippen LogP contribution in [-0.2, 0) is 17.1 Å². The molecule has 0 aliphatic heterocycles. The van der Waals surface area contributed by atoms with Gasteiger partial charge in [-0.15, -0.1) is 0 Å². The maximum absolute atomic E-state index is 11.6. The van der Waals surface area contributed by atoms with Crippen molar-refractivity contribution in [2.75, 3.05) is 0 Å². The average molecular weight is 422 g/mol. The Bertz CT molecular complexity index is 811. The molecule has 3 rings (SSSR count).